The van der Waals surface area contributed by atoms with Gasteiger partial charge in [-0.1, -0.05) is 24.3 Å². The molecule has 1 aromatic carbocycles. The van der Waals surface area contributed by atoms with Gasteiger partial charge in [0.1, 0.15) is 12.4 Å². The predicted octanol–water partition coefficient (Wildman–Crippen LogP) is 3.25. The standard InChI is InChI=1S/C21H26N6O.HI/c1-16-13-17(2)27(26-16)20-10-9-18(14-24-20)15-25-21(22-3)23-11-12-28-19-7-5-4-6-8-19;/h4-10,13-14H,11-12,15H2,1-3H3,(H2,22,23,25);1H. The summed E-state index contributed by atoms with van der Waals surface area (Å²) in [6, 6.07) is 15.8. The molecule has 0 atom stereocenters. The van der Waals surface area contributed by atoms with Gasteiger partial charge in [-0.3, -0.25) is 4.99 Å². The Labute approximate surface area is 188 Å². The topological polar surface area (TPSA) is 76.4 Å². The number of halogens is 1. The highest BCUT2D eigenvalue weighted by Crippen LogP contribution is 2.10. The lowest BCUT2D eigenvalue weighted by Gasteiger charge is -2.13. The van der Waals surface area contributed by atoms with E-state index in [9.17, 15) is 0 Å². The van der Waals surface area contributed by atoms with Crippen LogP contribution in [0.2, 0.25) is 0 Å². The molecule has 29 heavy (non-hydrogen) atoms. The van der Waals surface area contributed by atoms with Crippen LogP contribution in [0.3, 0.4) is 0 Å². The molecule has 154 valence electrons. The third kappa shape index (κ3) is 6.74. The molecular formula is C21H27IN6O. The molecule has 0 aliphatic heterocycles. The lowest BCUT2D eigenvalue weighted by Crippen LogP contribution is -2.38. The number of benzene rings is 1. The Morgan fingerprint density at radius 1 is 1.10 bits per heavy atom. The molecule has 0 radical (unpaired) electrons. The molecule has 0 aliphatic rings. The summed E-state index contributed by atoms with van der Waals surface area (Å²) in [7, 11) is 1.75. The fourth-order valence-corrected chi connectivity index (χ4v) is 2.77. The lowest BCUT2D eigenvalue weighted by molar-refractivity contribution is 0.322. The Morgan fingerprint density at radius 3 is 2.52 bits per heavy atom. The number of hydrogen-bond donors (Lipinski definition) is 2. The van der Waals surface area contributed by atoms with E-state index in [4.69, 9.17) is 4.74 Å². The molecule has 3 aromatic rings. The normalized spacial score (nSPS) is 10.9. The van der Waals surface area contributed by atoms with E-state index in [2.05, 4.69) is 25.7 Å². The molecule has 7 nitrogen and oxygen atoms in total. The third-order valence-corrected chi connectivity index (χ3v) is 4.13. The SMILES string of the molecule is CN=C(NCCOc1ccccc1)NCc1ccc(-n2nc(C)cc2C)nc1.I. The molecule has 0 unspecified atom stereocenters. The van der Waals surface area contributed by atoms with E-state index in [1.165, 1.54) is 0 Å². The van der Waals surface area contributed by atoms with Crippen LogP contribution in [-0.2, 0) is 6.54 Å². The Balaban J connectivity index is 0.00000300. The number of aromatic nitrogens is 3. The maximum absolute atomic E-state index is 5.67. The summed E-state index contributed by atoms with van der Waals surface area (Å²) in [6.45, 7) is 5.84. The van der Waals surface area contributed by atoms with Crippen molar-refractivity contribution in [3.63, 3.8) is 0 Å². The highest BCUT2D eigenvalue weighted by Gasteiger charge is 2.05. The smallest absolute Gasteiger partial charge is 0.191 e. The second-order valence-electron chi connectivity index (χ2n) is 6.38. The van der Waals surface area contributed by atoms with Gasteiger partial charge in [-0.25, -0.2) is 9.67 Å². The average Bonchev–Trinajstić information content (AvgIpc) is 3.06. The van der Waals surface area contributed by atoms with Crippen LogP contribution in [0.25, 0.3) is 5.82 Å². The number of aliphatic imine (C=N–C) groups is 1. The van der Waals surface area contributed by atoms with Crippen molar-refractivity contribution in [3.05, 3.63) is 71.7 Å². The van der Waals surface area contributed by atoms with Gasteiger partial charge < -0.3 is 15.4 Å². The van der Waals surface area contributed by atoms with Crippen LogP contribution < -0.4 is 15.4 Å². The van der Waals surface area contributed by atoms with Crippen LogP contribution in [-0.4, -0.2) is 40.9 Å². The zero-order valence-electron chi connectivity index (χ0n) is 16.9. The number of pyridine rings is 1. The first-order valence-electron chi connectivity index (χ1n) is 9.26. The number of rotatable bonds is 7. The summed E-state index contributed by atoms with van der Waals surface area (Å²) in [5.74, 6) is 2.40. The van der Waals surface area contributed by atoms with E-state index in [0.29, 0.717) is 19.7 Å². The van der Waals surface area contributed by atoms with Crippen LogP contribution in [0.1, 0.15) is 17.0 Å². The van der Waals surface area contributed by atoms with Crippen LogP contribution in [0, 0.1) is 13.8 Å². The second-order valence-corrected chi connectivity index (χ2v) is 6.38. The maximum Gasteiger partial charge on any atom is 0.191 e. The molecule has 3 rings (SSSR count). The molecule has 0 aliphatic carbocycles. The summed E-state index contributed by atoms with van der Waals surface area (Å²) in [5, 5.41) is 11.0. The predicted molar refractivity (Wildman–Crippen MR) is 126 cm³/mol. The zero-order valence-corrected chi connectivity index (χ0v) is 19.3. The van der Waals surface area contributed by atoms with Crippen molar-refractivity contribution >= 4 is 29.9 Å². The summed E-state index contributed by atoms with van der Waals surface area (Å²) < 4.78 is 7.51. The Morgan fingerprint density at radius 2 is 1.90 bits per heavy atom. The second kappa shape index (κ2) is 11.4. The van der Waals surface area contributed by atoms with E-state index >= 15 is 0 Å². The molecule has 8 heteroatoms. The van der Waals surface area contributed by atoms with Gasteiger partial charge in [-0.05, 0) is 43.7 Å². The largest absolute Gasteiger partial charge is 0.492 e. The molecule has 0 saturated heterocycles. The quantitative estimate of drug-likeness (QED) is 0.223. The molecule has 0 amide bonds. The van der Waals surface area contributed by atoms with Crippen LogP contribution in [0.4, 0.5) is 0 Å². The van der Waals surface area contributed by atoms with Gasteiger partial charge in [0.15, 0.2) is 11.8 Å². The molecule has 2 N–H and O–H groups in total. The minimum atomic E-state index is 0. The van der Waals surface area contributed by atoms with E-state index in [0.717, 1.165) is 34.5 Å². The number of hydrogen-bond acceptors (Lipinski definition) is 4. The molecule has 2 aromatic heterocycles. The van der Waals surface area contributed by atoms with Crippen LogP contribution >= 0.6 is 24.0 Å². The van der Waals surface area contributed by atoms with E-state index < -0.39 is 0 Å². The van der Waals surface area contributed by atoms with Gasteiger partial charge in [-0.2, -0.15) is 5.10 Å². The van der Waals surface area contributed by atoms with E-state index in [1.54, 1.807) is 7.05 Å². The number of nitrogens with one attached hydrogen (secondary N) is 2. The molecular weight excluding hydrogens is 479 g/mol. The van der Waals surface area contributed by atoms with Crippen molar-refractivity contribution in [1.29, 1.82) is 0 Å². The highest BCUT2D eigenvalue weighted by atomic mass is 127. The van der Waals surface area contributed by atoms with Crippen LogP contribution in [0.5, 0.6) is 5.75 Å². The summed E-state index contributed by atoms with van der Waals surface area (Å²) >= 11 is 0. The van der Waals surface area contributed by atoms with Crippen molar-refractivity contribution in [2.75, 3.05) is 20.2 Å². The van der Waals surface area contributed by atoms with Gasteiger partial charge in [0.25, 0.3) is 0 Å². The van der Waals surface area contributed by atoms with Crippen molar-refractivity contribution in [1.82, 2.24) is 25.4 Å². The first kappa shape index (κ1) is 22.7. The third-order valence-electron chi connectivity index (χ3n) is 4.13. The molecule has 0 saturated carbocycles. The van der Waals surface area contributed by atoms with Gasteiger partial charge in [0, 0.05) is 25.5 Å². The van der Waals surface area contributed by atoms with Crippen molar-refractivity contribution in [2.24, 2.45) is 4.99 Å². The number of aryl methyl sites for hydroxylation is 2. The molecule has 2 heterocycles. The van der Waals surface area contributed by atoms with E-state index in [-0.39, 0.29) is 24.0 Å². The molecule has 0 spiro atoms. The maximum atomic E-state index is 5.67. The summed E-state index contributed by atoms with van der Waals surface area (Å²) in [5.41, 5.74) is 3.11. The van der Waals surface area contributed by atoms with Crippen LogP contribution in [0.15, 0.2) is 59.7 Å². The van der Waals surface area contributed by atoms with Gasteiger partial charge >= 0.3 is 0 Å². The summed E-state index contributed by atoms with van der Waals surface area (Å²) in [6.07, 6.45) is 1.85. The number of ether oxygens (including phenoxy) is 1. The molecule has 0 bridgehead atoms. The minimum absolute atomic E-state index is 0. The van der Waals surface area contributed by atoms with Crippen molar-refractivity contribution in [3.8, 4) is 11.6 Å². The first-order valence-corrected chi connectivity index (χ1v) is 9.26. The summed E-state index contributed by atoms with van der Waals surface area (Å²) in [4.78, 5) is 8.75. The number of nitrogens with zero attached hydrogens (tertiary/aromatic N) is 4. The zero-order chi connectivity index (χ0) is 19.8. The number of guanidine groups is 1. The van der Waals surface area contributed by atoms with Gasteiger partial charge in [-0.15, -0.1) is 24.0 Å². The Bertz CT molecular complexity index is 909. The average molecular weight is 506 g/mol. The molecule has 0 fully saturated rings. The van der Waals surface area contributed by atoms with Crippen molar-refractivity contribution in [2.45, 2.75) is 20.4 Å². The monoisotopic (exact) mass is 506 g/mol. The minimum Gasteiger partial charge on any atom is -0.492 e. The van der Waals surface area contributed by atoms with Crippen molar-refractivity contribution < 1.29 is 4.74 Å². The first-order chi connectivity index (χ1) is 13.7. The Hall–Kier alpha value is -2.62. The van der Waals surface area contributed by atoms with E-state index in [1.807, 2.05) is 73.3 Å². The number of para-hydroxylation sites is 1. The van der Waals surface area contributed by atoms with Gasteiger partial charge in [0.2, 0.25) is 0 Å². The fourth-order valence-electron chi connectivity index (χ4n) is 2.77. The highest BCUT2D eigenvalue weighted by molar-refractivity contribution is 14.0. The fraction of sp³-hybridized carbons (Fsp3) is 0.286. The van der Waals surface area contributed by atoms with Gasteiger partial charge in [0.05, 0.1) is 12.2 Å². The lowest BCUT2D eigenvalue weighted by atomic mass is 10.3. The Kier molecular flexibility index (Phi) is 8.91.